The predicted molar refractivity (Wildman–Crippen MR) is 268 cm³/mol. The number of methoxy groups -OCH3 is 1. The number of hydrogen-bond acceptors (Lipinski definition) is 14. The molecular weight excluding hydrogens is 954 g/mol. The van der Waals surface area contributed by atoms with Crippen LogP contribution < -0.4 is 36.6 Å². The molecule has 3 aromatic carbocycles. The van der Waals surface area contributed by atoms with E-state index in [2.05, 4.69) is 77.5 Å². The first kappa shape index (κ1) is 47.4. The van der Waals surface area contributed by atoms with Gasteiger partial charge in [-0.3, -0.25) is 29.4 Å². The first-order chi connectivity index (χ1) is 32.7. The van der Waals surface area contributed by atoms with Gasteiger partial charge in [0.25, 0.3) is 0 Å². The summed E-state index contributed by atoms with van der Waals surface area (Å²) in [6.45, 7) is 13.8. The number of anilines is 5. The Morgan fingerprint density at radius 3 is 2.40 bits per heavy atom. The number of halogens is 2. The third-order valence-corrected chi connectivity index (χ3v) is 15.7. The molecule has 19 heteroatoms. The number of nitrogens with zero attached hydrogens (tertiary/aromatic N) is 7. The molecule has 16 nitrogen and oxygen atoms in total. The standard InChI is InChI=1S/C49H57BrFN10O6P/c1-6-29-25-38(55-48-52-28-35(50)46(57-48)54-37-11-10-36-34(45(37)68(4,5)65)9-8-32(7-2)53-36)42(66-3)27-40(29)60-18-15-33(16-19-60)59-22-20-58(21-23-59)17-14-30-24-31(51)26-41-44(30)67-49(64)61(41)39-12-13-43(62)56-47(39)63/h8-11,24-28,33,39H,6-7,12-23H2,1-5H3,(H,56,62,63)(H2,52,54,55,57). The number of piperazine rings is 1. The number of fused-ring (bicyclic) bond motifs is 2. The molecule has 3 aliphatic heterocycles. The number of aryl methyl sites for hydroxylation is 2. The van der Waals surface area contributed by atoms with E-state index in [-0.39, 0.29) is 23.9 Å². The van der Waals surface area contributed by atoms with Crippen LogP contribution in [-0.4, -0.2) is 113 Å². The van der Waals surface area contributed by atoms with Gasteiger partial charge in [-0.2, -0.15) is 4.98 Å². The summed E-state index contributed by atoms with van der Waals surface area (Å²) in [6, 6.07) is 14.2. The fraction of sp³-hybridized carbons (Fsp3) is 0.429. The van der Waals surface area contributed by atoms with E-state index in [4.69, 9.17) is 19.1 Å². The molecule has 6 heterocycles. The Labute approximate surface area is 402 Å². The van der Waals surface area contributed by atoms with E-state index in [0.29, 0.717) is 52.2 Å². The van der Waals surface area contributed by atoms with Crippen molar-refractivity contribution >= 4 is 91.0 Å². The van der Waals surface area contributed by atoms with E-state index in [1.165, 1.54) is 22.3 Å². The number of ether oxygens (including phenoxy) is 1. The SMILES string of the molecule is CCc1ccc2c(P(C)(C)=O)c(Nc3nc(Nc4cc(CC)c(N5CCC(N6CCN(CCc7cc(F)cc8c7oc(=O)n8C7CCC(=O)NC7=O)CC6)CC5)cc4OC)ncc3Br)ccc2n1. The molecule has 1 atom stereocenters. The largest absolute Gasteiger partial charge is 0.494 e. The lowest BCUT2D eigenvalue weighted by molar-refractivity contribution is -0.135. The molecule has 0 spiro atoms. The van der Waals surface area contributed by atoms with Crippen LogP contribution in [0.15, 0.2) is 68.4 Å². The summed E-state index contributed by atoms with van der Waals surface area (Å²) in [6.07, 6.45) is 6.10. The lowest BCUT2D eigenvalue weighted by Crippen LogP contribution is -2.53. The van der Waals surface area contributed by atoms with Crippen molar-refractivity contribution in [1.82, 2.24) is 34.6 Å². The highest BCUT2D eigenvalue weighted by atomic mass is 79.9. The minimum absolute atomic E-state index is 0.0929. The van der Waals surface area contributed by atoms with Gasteiger partial charge in [0, 0.05) is 104 Å². The lowest BCUT2D eigenvalue weighted by atomic mass is 9.99. The summed E-state index contributed by atoms with van der Waals surface area (Å²) in [5, 5.41) is 10.7. The van der Waals surface area contributed by atoms with Crippen molar-refractivity contribution in [2.75, 3.05) is 81.8 Å². The molecule has 6 aromatic rings. The summed E-state index contributed by atoms with van der Waals surface area (Å²) in [5.41, 5.74) is 6.66. The molecule has 3 aromatic heterocycles. The Bertz CT molecular complexity index is 3010. The van der Waals surface area contributed by atoms with Crippen LogP contribution in [0.25, 0.3) is 22.0 Å². The van der Waals surface area contributed by atoms with Crippen LogP contribution in [0.3, 0.4) is 0 Å². The fourth-order valence-corrected chi connectivity index (χ4v) is 11.8. The summed E-state index contributed by atoms with van der Waals surface area (Å²) >= 11 is 3.62. The van der Waals surface area contributed by atoms with Gasteiger partial charge in [-0.25, -0.2) is 14.2 Å². The van der Waals surface area contributed by atoms with Gasteiger partial charge in [0.1, 0.15) is 30.6 Å². The Kier molecular flexibility index (Phi) is 13.8. The molecule has 0 bridgehead atoms. The molecule has 358 valence electrons. The van der Waals surface area contributed by atoms with Gasteiger partial charge in [-0.15, -0.1) is 0 Å². The molecule has 3 saturated heterocycles. The van der Waals surface area contributed by atoms with Crippen LogP contribution in [0.4, 0.5) is 33.2 Å². The van der Waals surface area contributed by atoms with E-state index in [1.54, 1.807) is 26.6 Å². The number of rotatable bonds is 14. The zero-order valence-electron chi connectivity index (χ0n) is 39.0. The van der Waals surface area contributed by atoms with Crippen molar-refractivity contribution < 1.29 is 27.7 Å². The Morgan fingerprint density at radius 2 is 1.69 bits per heavy atom. The van der Waals surface area contributed by atoms with Crippen molar-refractivity contribution in [3.05, 3.63) is 92.4 Å². The monoisotopic (exact) mass is 1010 g/mol. The molecule has 3 aliphatic rings. The summed E-state index contributed by atoms with van der Waals surface area (Å²) < 4.78 is 42.1. The average Bonchev–Trinajstić information content (AvgIpc) is 3.66. The topological polar surface area (TPSA) is 180 Å². The zero-order chi connectivity index (χ0) is 47.9. The molecule has 68 heavy (non-hydrogen) atoms. The Balaban J connectivity index is 0.820. The second-order valence-corrected chi connectivity index (χ2v) is 22.2. The summed E-state index contributed by atoms with van der Waals surface area (Å²) in [7, 11) is -1.08. The van der Waals surface area contributed by atoms with E-state index in [9.17, 15) is 23.3 Å². The quantitative estimate of drug-likeness (QED) is 0.0721. The normalized spacial score (nSPS) is 17.8. The number of aromatic nitrogens is 4. The van der Waals surface area contributed by atoms with E-state index >= 15 is 0 Å². The summed E-state index contributed by atoms with van der Waals surface area (Å²) in [5.74, 6) is -0.653. The van der Waals surface area contributed by atoms with Gasteiger partial charge in [0.15, 0.2) is 5.58 Å². The minimum Gasteiger partial charge on any atom is -0.494 e. The van der Waals surface area contributed by atoms with Crippen LogP contribution in [0.5, 0.6) is 5.75 Å². The van der Waals surface area contributed by atoms with Crippen LogP contribution in [0.1, 0.15) is 62.4 Å². The molecule has 2 amide bonds. The number of imide groups is 1. The number of pyridine rings is 1. The van der Waals surface area contributed by atoms with Gasteiger partial charge in [0.2, 0.25) is 17.8 Å². The zero-order valence-corrected chi connectivity index (χ0v) is 41.5. The first-order valence-corrected chi connectivity index (χ1v) is 26.7. The first-order valence-electron chi connectivity index (χ1n) is 23.3. The van der Waals surface area contributed by atoms with Crippen LogP contribution >= 0.6 is 23.1 Å². The average molecular weight is 1010 g/mol. The predicted octanol–water partition coefficient (Wildman–Crippen LogP) is 7.51. The van der Waals surface area contributed by atoms with Crippen molar-refractivity contribution in [1.29, 1.82) is 0 Å². The van der Waals surface area contributed by atoms with E-state index in [1.807, 2.05) is 24.3 Å². The van der Waals surface area contributed by atoms with Crippen molar-refractivity contribution in [3.63, 3.8) is 0 Å². The number of benzene rings is 3. The fourth-order valence-electron chi connectivity index (χ4n) is 10.0. The molecule has 0 radical (unpaired) electrons. The molecular formula is C49H57BrFN10O6P. The second kappa shape index (κ2) is 19.7. The number of carbonyl (C=O) groups excluding carboxylic acids is 2. The van der Waals surface area contributed by atoms with Crippen molar-refractivity contribution in [3.8, 4) is 5.75 Å². The third-order valence-electron chi connectivity index (χ3n) is 13.5. The highest BCUT2D eigenvalue weighted by Gasteiger charge is 2.33. The number of oxazole rings is 1. The van der Waals surface area contributed by atoms with Gasteiger partial charge in [-0.1, -0.05) is 19.9 Å². The molecule has 1 unspecified atom stereocenters. The summed E-state index contributed by atoms with van der Waals surface area (Å²) in [4.78, 5) is 58.9. The van der Waals surface area contributed by atoms with E-state index in [0.717, 1.165) is 98.2 Å². The molecule has 0 aliphatic carbocycles. The Hall–Kier alpha value is -5.68. The molecule has 3 fully saturated rings. The maximum Gasteiger partial charge on any atom is 0.420 e. The maximum absolute atomic E-state index is 15.0. The van der Waals surface area contributed by atoms with Crippen LogP contribution in [0.2, 0.25) is 0 Å². The number of carbonyl (C=O) groups is 2. The van der Waals surface area contributed by atoms with Crippen molar-refractivity contribution in [2.24, 2.45) is 0 Å². The molecule has 0 saturated carbocycles. The third kappa shape index (κ3) is 9.78. The number of piperidine rings is 2. The number of amides is 2. The highest BCUT2D eigenvalue weighted by molar-refractivity contribution is 9.10. The molecule has 9 rings (SSSR count). The van der Waals surface area contributed by atoms with Gasteiger partial charge < -0.3 is 34.2 Å². The Morgan fingerprint density at radius 1 is 0.912 bits per heavy atom. The molecule has 3 N–H and O–H groups in total. The van der Waals surface area contributed by atoms with E-state index < -0.39 is 36.6 Å². The van der Waals surface area contributed by atoms with Crippen LogP contribution in [0, 0.1) is 5.82 Å². The van der Waals surface area contributed by atoms with Crippen molar-refractivity contribution in [2.45, 2.75) is 70.9 Å². The second-order valence-electron chi connectivity index (χ2n) is 18.2. The van der Waals surface area contributed by atoms with Crippen LogP contribution in [-0.2, 0) is 33.4 Å². The number of hydrogen-bond donors (Lipinski definition) is 3. The number of nitrogens with one attached hydrogen (secondary N) is 3. The van der Waals surface area contributed by atoms with Gasteiger partial charge >= 0.3 is 5.76 Å². The maximum atomic E-state index is 15.0. The van der Waals surface area contributed by atoms with Gasteiger partial charge in [-0.05, 0) is 104 Å². The smallest absolute Gasteiger partial charge is 0.420 e. The minimum atomic E-state index is -2.75. The highest BCUT2D eigenvalue weighted by Crippen LogP contribution is 2.42. The lowest BCUT2D eigenvalue weighted by Gasteiger charge is -2.43. The van der Waals surface area contributed by atoms with Gasteiger partial charge in [0.05, 0.1) is 34.0 Å².